The topological polar surface area (TPSA) is 46.8 Å². The van der Waals surface area contributed by atoms with Crippen LogP contribution in [-0.4, -0.2) is 25.1 Å². The summed E-state index contributed by atoms with van der Waals surface area (Å²) in [6, 6.07) is 19.0. The predicted octanol–water partition coefficient (Wildman–Crippen LogP) is 5.07. The Balaban J connectivity index is 0.00000225. The van der Waals surface area contributed by atoms with Gasteiger partial charge in [0.05, 0.1) is 12.6 Å². The van der Waals surface area contributed by atoms with E-state index in [1.54, 1.807) is 0 Å². The van der Waals surface area contributed by atoms with Crippen LogP contribution in [0.5, 0.6) is 0 Å². The van der Waals surface area contributed by atoms with Crippen LogP contribution in [0.4, 0.5) is 0 Å². The molecule has 1 fully saturated rings. The molecule has 0 spiro atoms. The summed E-state index contributed by atoms with van der Waals surface area (Å²) in [4.78, 5) is 2.38. The highest BCUT2D eigenvalue weighted by Gasteiger charge is 2.22. The fourth-order valence-electron chi connectivity index (χ4n) is 3.81. The fraction of sp³-hybridized carbons (Fsp3) is 0.381. The van der Waals surface area contributed by atoms with Crippen molar-refractivity contribution in [2.75, 3.05) is 0 Å². The van der Waals surface area contributed by atoms with Gasteiger partial charge in [-0.15, -0.1) is 17.5 Å². The molecule has 0 radical (unpaired) electrons. The Morgan fingerprint density at radius 2 is 1.54 bits per heavy atom. The Morgan fingerprint density at radius 1 is 0.893 bits per heavy atom. The highest BCUT2D eigenvalue weighted by atomic mass is 35.5. The summed E-state index contributed by atoms with van der Waals surface area (Å²) in [7, 11) is 0. The van der Waals surface area contributed by atoms with Crippen LogP contribution in [0.1, 0.15) is 48.7 Å². The summed E-state index contributed by atoms with van der Waals surface area (Å²) < 4.78 is 2.05. The lowest BCUT2D eigenvalue weighted by Gasteiger charge is -2.23. The van der Waals surface area contributed by atoms with E-state index in [4.69, 9.17) is 11.6 Å². The molecule has 1 aliphatic rings. The van der Waals surface area contributed by atoms with Crippen molar-refractivity contribution in [2.24, 2.45) is 0 Å². The molecule has 0 aliphatic heterocycles. The highest BCUT2D eigenvalue weighted by molar-refractivity contribution is 6.30. The van der Waals surface area contributed by atoms with Gasteiger partial charge in [0.1, 0.15) is 0 Å². The molecule has 1 aliphatic carbocycles. The van der Waals surface area contributed by atoms with Crippen molar-refractivity contribution in [2.45, 2.75) is 51.4 Å². The average molecular weight is 418 g/mol. The van der Waals surface area contributed by atoms with Gasteiger partial charge in [0, 0.05) is 18.1 Å². The van der Waals surface area contributed by atoms with Crippen LogP contribution in [0.15, 0.2) is 54.6 Å². The molecule has 5 nitrogen and oxygen atoms in total. The Hall–Kier alpha value is -1.95. The maximum Gasteiger partial charge on any atom is 0.165 e. The summed E-state index contributed by atoms with van der Waals surface area (Å²) in [6.07, 6.45) is 4.88. The number of tetrazole rings is 1. The molecule has 0 unspecified atom stereocenters. The number of aromatic nitrogens is 4. The molecular weight excluding hydrogens is 393 g/mol. The molecule has 148 valence electrons. The summed E-state index contributed by atoms with van der Waals surface area (Å²) in [6.45, 7) is 2.39. The Kier molecular flexibility index (Phi) is 7.43. The zero-order chi connectivity index (χ0) is 18.5. The standard InChI is InChI=1S/C21H24ClN5.ClH/c22-19-12-10-18(11-13-19)15-26(14-17-6-2-1-3-7-17)16-21-23-24-25-27(21)20-8-4-5-9-20;/h1-3,6-7,10-13,20H,4-5,8-9,14-16H2;1H. The van der Waals surface area contributed by atoms with E-state index in [1.807, 2.05) is 22.9 Å². The van der Waals surface area contributed by atoms with Gasteiger partial charge in [-0.05, 0) is 46.5 Å². The van der Waals surface area contributed by atoms with E-state index in [9.17, 15) is 0 Å². The first kappa shape index (κ1) is 20.8. The van der Waals surface area contributed by atoms with Crippen molar-refractivity contribution in [3.63, 3.8) is 0 Å². The molecule has 0 atom stereocenters. The molecule has 0 N–H and O–H groups in total. The SMILES string of the molecule is Cl.Clc1ccc(CN(Cc2ccccc2)Cc2nnnn2C2CCCC2)cc1. The lowest BCUT2D eigenvalue weighted by atomic mass is 10.1. The minimum absolute atomic E-state index is 0. The van der Waals surface area contributed by atoms with E-state index in [-0.39, 0.29) is 12.4 Å². The van der Waals surface area contributed by atoms with E-state index in [2.05, 4.69) is 56.8 Å². The first-order valence-electron chi connectivity index (χ1n) is 9.55. The van der Waals surface area contributed by atoms with E-state index in [0.717, 1.165) is 30.5 Å². The Labute approximate surface area is 177 Å². The number of halogens is 2. The zero-order valence-corrected chi connectivity index (χ0v) is 17.3. The molecule has 2 aromatic carbocycles. The Morgan fingerprint density at radius 3 is 2.21 bits per heavy atom. The van der Waals surface area contributed by atoms with E-state index in [1.165, 1.54) is 36.8 Å². The second kappa shape index (κ2) is 10.0. The smallest absolute Gasteiger partial charge is 0.165 e. The van der Waals surface area contributed by atoms with Crippen LogP contribution in [0.25, 0.3) is 0 Å². The van der Waals surface area contributed by atoms with Gasteiger partial charge >= 0.3 is 0 Å². The average Bonchev–Trinajstić information content (AvgIpc) is 3.36. The third kappa shape index (κ3) is 5.31. The molecule has 4 rings (SSSR count). The van der Waals surface area contributed by atoms with Gasteiger partial charge in [0.15, 0.2) is 5.82 Å². The molecule has 28 heavy (non-hydrogen) atoms. The molecule has 1 aromatic heterocycles. The van der Waals surface area contributed by atoms with Crippen molar-refractivity contribution < 1.29 is 0 Å². The molecule has 7 heteroatoms. The molecule has 1 heterocycles. The fourth-order valence-corrected chi connectivity index (χ4v) is 3.93. The van der Waals surface area contributed by atoms with Gasteiger partial charge in [-0.1, -0.05) is 66.9 Å². The van der Waals surface area contributed by atoms with Crippen LogP contribution >= 0.6 is 24.0 Å². The van der Waals surface area contributed by atoms with Crippen LogP contribution in [0.2, 0.25) is 5.02 Å². The first-order valence-corrected chi connectivity index (χ1v) is 9.93. The van der Waals surface area contributed by atoms with E-state index >= 15 is 0 Å². The second-order valence-corrected chi connectivity index (χ2v) is 7.67. The van der Waals surface area contributed by atoms with Crippen LogP contribution < -0.4 is 0 Å². The van der Waals surface area contributed by atoms with Gasteiger partial charge in [-0.25, -0.2) is 4.68 Å². The Bertz CT molecular complexity index is 845. The number of hydrogen-bond acceptors (Lipinski definition) is 4. The summed E-state index contributed by atoms with van der Waals surface area (Å²) in [5.41, 5.74) is 2.52. The summed E-state index contributed by atoms with van der Waals surface area (Å²) >= 11 is 6.04. The minimum atomic E-state index is 0. The van der Waals surface area contributed by atoms with Crippen molar-refractivity contribution in [1.29, 1.82) is 0 Å². The van der Waals surface area contributed by atoms with Crippen molar-refractivity contribution in [3.8, 4) is 0 Å². The van der Waals surface area contributed by atoms with Gasteiger partial charge in [0.25, 0.3) is 0 Å². The lowest BCUT2D eigenvalue weighted by Crippen LogP contribution is -2.25. The van der Waals surface area contributed by atoms with Gasteiger partial charge in [0.2, 0.25) is 0 Å². The molecule has 0 saturated heterocycles. The van der Waals surface area contributed by atoms with Gasteiger partial charge in [-0.2, -0.15) is 0 Å². The predicted molar refractivity (Wildman–Crippen MR) is 113 cm³/mol. The van der Waals surface area contributed by atoms with Crippen LogP contribution in [0.3, 0.4) is 0 Å². The monoisotopic (exact) mass is 417 g/mol. The van der Waals surface area contributed by atoms with Gasteiger partial charge < -0.3 is 0 Å². The van der Waals surface area contributed by atoms with Crippen LogP contribution in [-0.2, 0) is 19.6 Å². The number of nitrogens with zero attached hydrogens (tertiary/aromatic N) is 5. The third-order valence-electron chi connectivity index (χ3n) is 5.17. The maximum atomic E-state index is 6.04. The quantitative estimate of drug-likeness (QED) is 0.538. The van der Waals surface area contributed by atoms with Crippen molar-refractivity contribution in [3.05, 3.63) is 76.6 Å². The largest absolute Gasteiger partial charge is 0.287 e. The molecule has 3 aromatic rings. The van der Waals surface area contributed by atoms with Crippen LogP contribution in [0, 0.1) is 0 Å². The number of hydrogen-bond donors (Lipinski definition) is 0. The molecule has 0 amide bonds. The normalized spacial score (nSPS) is 14.4. The molecule has 0 bridgehead atoms. The van der Waals surface area contributed by atoms with E-state index < -0.39 is 0 Å². The number of rotatable bonds is 7. The van der Waals surface area contributed by atoms with Crippen molar-refractivity contribution in [1.82, 2.24) is 25.1 Å². The summed E-state index contributed by atoms with van der Waals surface area (Å²) in [5.74, 6) is 0.951. The first-order chi connectivity index (χ1) is 13.3. The molecular formula is C21H25Cl2N5. The maximum absolute atomic E-state index is 6.04. The lowest BCUT2D eigenvalue weighted by molar-refractivity contribution is 0.232. The summed E-state index contributed by atoms with van der Waals surface area (Å²) in [5, 5.41) is 13.4. The van der Waals surface area contributed by atoms with Gasteiger partial charge in [-0.3, -0.25) is 4.90 Å². The zero-order valence-electron chi connectivity index (χ0n) is 15.7. The van der Waals surface area contributed by atoms with Crippen molar-refractivity contribution >= 4 is 24.0 Å². The minimum Gasteiger partial charge on any atom is -0.287 e. The third-order valence-corrected chi connectivity index (χ3v) is 5.42. The number of benzene rings is 2. The molecule has 1 saturated carbocycles. The second-order valence-electron chi connectivity index (χ2n) is 7.24. The highest BCUT2D eigenvalue weighted by Crippen LogP contribution is 2.29. The van der Waals surface area contributed by atoms with E-state index in [0.29, 0.717) is 6.04 Å².